The quantitative estimate of drug-likeness (QED) is 0.799. The van der Waals surface area contributed by atoms with Crippen LogP contribution in [0.25, 0.3) is 0 Å². The number of hydrogen-bond donors (Lipinski definition) is 2. The SMILES string of the molecule is O=C(NC1CCCCC1)N1CNc2ccccc21. The molecular weight excluding hydrogens is 226 g/mol. The summed E-state index contributed by atoms with van der Waals surface area (Å²) in [4.78, 5) is 14.0. The highest BCUT2D eigenvalue weighted by Crippen LogP contribution is 2.30. The number of urea groups is 1. The minimum Gasteiger partial charge on any atom is -0.366 e. The summed E-state index contributed by atoms with van der Waals surface area (Å²) in [6.07, 6.45) is 6.02. The summed E-state index contributed by atoms with van der Waals surface area (Å²) >= 11 is 0. The average molecular weight is 245 g/mol. The van der Waals surface area contributed by atoms with Gasteiger partial charge in [-0.15, -0.1) is 0 Å². The number of rotatable bonds is 1. The molecule has 1 aromatic rings. The molecule has 0 spiro atoms. The average Bonchev–Trinajstić information content (AvgIpc) is 2.84. The van der Waals surface area contributed by atoms with Gasteiger partial charge in [-0.2, -0.15) is 0 Å². The Hall–Kier alpha value is -1.71. The maximum atomic E-state index is 12.3. The zero-order valence-corrected chi connectivity index (χ0v) is 10.5. The van der Waals surface area contributed by atoms with Gasteiger partial charge in [0.15, 0.2) is 0 Å². The van der Waals surface area contributed by atoms with Gasteiger partial charge < -0.3 is 10.6 Å². The van der Waals surface area contributed by atoms with E-state index in [0.29, 0.717) is 12.7 Å². The number of carbonyl (C=O) groups excluding carboxylic acids is 1. The van der Waals surface area contributed by atoms with Crippen molar-refractivity contribution in [3.8, 4) is 0 Å². The van der Waals surface area contributed by atoms with Crippen molar-refractivity contribution >= 4 is 17.4 Å². The zero-order valence-electron chi connectivity index (χ0n) is 10.5. The summed E-state index contributed by atoms with van der Waals surface area (Å²) in [5, 5.41) is 6.38. The molecule has 1 aliphatic heterocycles. The number of fused-ring (bicyclic) bond motifs is 1. The lowest BCUT2D eigenvalue weighted by Gasteiger charge is -2.25. The molecule has 2 aliphatic rings. The van der Waals surface area contributed by atoms with Crippen LogP contribution in [0.4, 0.5) is 16.2 Å². The van der Waals surface area contributed by atoms with Gasteiger partial charge in [0.2, 0.25) is 0 Å². The monoisotopic (exact) mass is 245 g/mol. The number of benzene rings is 1. The van der Waals surface area contributed by atoms with Crippen molar-refractivity contribution in [1.82, 2.24) is 5.32 Å². The lowest BCUT2D eigenvalue weighted by molar-refractivity contribution is 0.239. The van der Waals surface area contributed by atoms with E-state index >= 15 is 0 Å². The minimum atomic E-state index is 0.0272. The summed E-state index contributed by atoms with van der Waals surface area (Å²) in [5.74, 6) is 0. The van der Waals surface area contributed by atoms with Gasteiger partial charge in [-0.25, -0.2) is 4.79 Å². The van der Waals surface area contributed by atoms with Gasteiger partial charge in [0, 0.05) is 6.04 Å². The van der Waals surface area contributed by atoms with E-state index in [9.17, 15) is 4.79 Å². The van der Waals surface area contributed by atoms with Crippen molar-refractivity contribution in [2.24, 2.45) is 0 Å². The van der Waals surface area contributed by atoms with E-state index in [1.54, 1.807) is 4.90 Å². The van der Waals surface area contributed by atoms with E-state index in [-0.39, 0.29) is 6.03 Å². The fraction of sp³-hybridized carbons (Fsp3) is 0.500. The number of amides is 2. The van der Waals surface area contributed by atoms with Crippen molar-refractivity contribution < 1.29 is 4.79 Å². The van der Waals surface area contributed by atoms with Crippen LogP contribution in [0.3, 0.4) is 0 Å². The molecule has 0 atom stereocenters. The summed E-state index contributed by atoms with van der Waals surface area (Å²) in [6, 6.07) is 8.32. The molecule has 3 rings (SSSR count). The maximum Gasteiger partial charge on any atom is 0.323 e. The molecule has 1 fully saturated rings. The van der Waals surface area contributed by atoms with Crippen LogP contribution in [0.1, 0.15) is 32.1 Å². The Morgan fingerprint density at radius 1 is 1.22 bits per heavy atom. The highest BCUT2D eigenvalue weighted by Gasteiger charge is 2.25. The topological polar surface area (TPSA) is 44.4 Å². The van der Waals surface area contributed by atoms with Crippen LogP contribution in [0, 0.1) is 0 Å². The summed E-state index contributed by atoms with van der Waals surface area (Å²) in [7, 11) is 0. The van der Waals surface area contributed by atoms with Crippen LogP contribution < -0.4 is 15.5 Å². The third kappa shape index (κ3) is 2.15. The van der Waals surface area contributed by atoms with E-state index in [4.69, 9.17) is 0 Å². The fourth-order valence-corrected chi connectivity index (χ4v) is 2.79. The van der Waals surface area contributed by atoms with E-state index in [2.05, 4.69) is 10.6 Å². The normalized spacial score (nSPS) is 19.2. The highest BCUT2D eigenvalue weighted by molar-refractivity contribution is 5.98. The van der Waals surface area contributed by atoms with Crippen LogP contribution in [-0.2, 0) is 0 Å². The molecular formula is C14H19N3O. The number of carbonyl (C=O) groups is 1. The van der Waals surface area contributed by atoms with Crippen LogP contribution in [-0.4, -0.2) is 18.7 Å². The third-order valence-corrected chi connectivity index (χ3v) is 3.80. The minimum absolute atomic E-state index is 0.0272. The number of hydrogen-bond acceptors (Lipinski definition) is 2. The molecule has 2 amide bonds. The first-order valence-corrected chi connectivity index (χ1v) is 6.75. The van der Waals surface area contributed by atoms with Crippen LogP contribution in [0.15, 0.2) is 24.3 Å². The number of nitrogens with one attached hydrogen (secondary N) is 2. The second-order valence-corrected chi connectivity index (χ2v) is 5.06. The lowest BCUT2D eigenvalue weighted by atomic mass is 9.96. The van der Waals surface area contributed by atoms with Gasteiger partial charge in [0.05, 0.1) is 18.0 Å². The number of para-hydroxylation sites is 2. The molecule has 1 aromatic carbocycles. The van der Waals surface area contributed by atoms with Crippen LogP contribution in [0.5, 0.6) is 0 Å². The molecule has 4 nitrogen and oxygen atoms in total. The summed E-state index contributed by atoms with van der Waals surface area (Å²) < 4.78 is 0. The second kappa shape index (κ2) is 4.88. The summed E-state index contributed by atoms with van der Waals surface area (Å²) in [6.45, 7) is 0.567. The van der Waals surface area contributed by atoms with Gasteiger partial charge in [0.25, 0.3) is 0 Å². The van der Waals surface area contributed by atoms with Crippen molar-refractivity contribution in [3.05, 3.63) is 24.3 Å². The highest BCUT2D eigenvalue weighted by atomic mass is 16.2. The lowest BCUT2D eigenvalue weighted by Crippen LogP contribution is -2.45. The van der Waals surface area contributed by atoms with Gasteiger partial charge in [-0.1, -0.05) is 31.4 Å². The first kappa shape index (κ1) is 11.4. The van der Waals surface area contributed by atoms with Gasteiger partial charge in [-0.3, -0.25) is 4.90 Å². The van der Waals surface area contributed by atoms with Crippen LogP contribution in [0.2, 0.25) is 0 Å². The number of nitrogens with zero attached hydrogens (tertiary/aromatic N) is 1. The Bertz CT molecular complexity index is 440. The van der Waals surface area contributed by atoms with Gasteiger partial charge in [-0.05, 0) is 25.0 Å². The molecule has 0 aromatic heterocycles. The smallest absolute Gasteiger partial charge is 0.323 e. The van der Waals surface area contributed by atoms with Crippen molar-refractivity contribution in [2.75, 3.05) is 16.9 Å². The molecule has 1 saturated carbocycles. The third-order valence-electron chi connectivity index (χ3n) is 3.80. The van der Waals surface area contributed by atoms with Crippen molar-refractivity contribution in [2.45, 2.75) is 38.1 Å². The van der Waals surface area contributed by atoms with E-state index in [1.807, 2.05) is 24.3 Å². The fourth-order valence-electron chi connectivity index (χ4n) is 2.79. The molecule has 18 heavy (non-hydrogen) atoms. The molecule has 0 unspecified atom stereocenters. The Morgan fingerprint density at radius 3 is 2.83 bits per heavy atom. The van der Waals surface area contributed by atoms with E-state index in [1.165, 1.54) is 19.3 Å². The van der Waals surface area contributed by atoms with Crippen molar-refractivity contribution in [1.29, 1.82) is 0 Å². The Kier molecular flexibility index (Phi) is 3.09. The molecule has 0 radical (unpaired) electrons. The predicted octanol–water partition coefficient (Wildman–Crippen LogP) is 2.92. The second-order valence-electron chi connectivity index (χ2n) is 5.06. The summed E-state index contributed by atoms with van der Waals surface area (Å²) in [5.41, 5.74) is 2.02. The predicted molar refractivity (Wildman–Crippen MR) is 72.8 cm³/mol. The van der Waals surface area contributed by atoms with Gasteiger partial charge in [0.1, 0.15) is 0 Å². The zero-order chi connectivity index (χ0) is 12.4. The van der Waals surface area contributed by atoms with Crippen molar-refractivity contribution in [3.63, 3.8) is 0 Å². The molecule has 4 heteroatoms. The Labute approximate surface area is 107 Å². The Balaban J connectivity index is 1.67. The Morgan fingerprint density at radius 2 is 2.00 bits per heavy atom. The molecule has 2 N–H and O–H groups in total. The largest absolute Gasteiger partial charge is 0.366 e. The van der Waals surface area contributed by atoms with Gasteiger partial charge >= 0.3 is 6.03 Å². The first-order valence-electron chi connectivity index (χ1n) is 6.75. The first-order chi connectivity index (χ1) is 8.84. The van der Waals surface area contributed by atoms with Crippen LogP contribution >= 0.6 is 0 Å². The molecule has 0 saturated heterocycles. The van der Waals surface area contributed by atoms with E-state index < -0.39 is 0 Å². The van der Waals surface area contributed by atoms with E-state index in [0.717, 1.165) is 24.2 Å². The molecule has 96 valence electrons. The molecule has 1 heterocycles. The maximum absolute atomic E-state index is 12.3. The number of anilines is 2. The molecule has 0 bridgehead atoms. The standard InChI is InChI=1S/C14H19N3O/c18-14(16-11-6-2-1-3-7-11)17-10-15-12-8-4-5-9-13(12)17/h4-5,8-9,11,15H,1-3,6-7,10H2,(H,16,18). The molecule has 1 aliphatic carbocycles.